The molecule has 0 aliphatic carbocycles. The van der Waals surface area contributed by atoms with E-state index in [4.69, 9.17) is 0 Å². The van der Waals surface area contributed by atoms with E-state index in [1.165, 1.54) is 12.1 Å². The molecular weight excluding hydrogens is 256 g/mol. The van der Waals surface area contributed by atoms with E-state index in [9.17, 15) is 0 Å². The van der Waals surface area contributed by atoms with Gasteiger partial charge in [0.15, 0.2) is 0 Å². The zero-order valence-corrected chi connectivity index (χ0v) is 14.3. The summed E-state index contributed by atoms with van der Waals surface area (Å²) in [6, 6.07) is 12.0. The van der Waals surface area contributed by atoms with Gasteiger partial charge in [0.25, 0.3) is 0 Å². The van der Waals surface area contributed by atoms with Gasteiger partial charge in [-0.3, -0.25) is 4.90 Å². The molecule has 1 aliphatic rings. The monoisotopic (exact) mass is 288 g/mol. The van der Waals surface area contributed by atoms with Gasteiger partial charge >= 0.3 is 0 Å². The Morgan fingerprint density at radius 1 is 1.10 bits per heavy atom. The molecule has 3 unspecified atom stereocenters. The highest BCUT2D eigenvalue weighted by Crippen LogP contribution is 2.25. The lowest BCUT2D eigenvalue weighted by molar-refractivity contribution is 0.0761. The van der Waals surface area contributed by atoms with E-state index in [1.807, 2.05) is 0 Å². The second-order valence-corrected chi connectivity index (χ2v) is 7.36. The molecule has 1 aliphatic heterocycles. The van der Waals surface area contributed by atoms with Crippen molar-refractivity contribution < 1.29 is 0 Å². The lowest BCUT2D eigenvalue weighted by Crippen LogP contribution is -2.56. The van der Waals surface area contributed by atoms with Crippen molar-refractivity contribution >= 4 is 0 Å². The van der Waals surface area contributed by atoms with Crippen LogP contribution in [0.4, 0.5) is 0 Å². The van der Waals surface area contributed by atoms with Crippen LogP contribution in [0.1, 0.15) is 46.2 Å². The number of nitrogens with one attached hydrogen (secondary N) is 1. The molecule has 2 heteroatoms. The van der Waals surface area contributed by atoms with Gasteiger partial charge in [-0.25, -0.2) is 0 Å². The van der Waals surface area contributed by atoms with Gasteiger partial charge in [-0.1, -0.05) is 65.0 Å². The van der Waals surface area contributed by atoms with E-state index in [-0.39, 0.29) is 0 Å². The molecule has 118 valence electrons. The third kappa shape index (κ3) is 4.31. The molecule has 2 nitrogen and oxygen atoms in total. The summed E-state index contributed by atoms with van der Waals surface area (Å²) in [6.07, 6.45) is 0. The van der Waals surface area contributed by atoms with Crippen LogP contribution in [0.2, 0.25) is 0 Å². The largest absolute Gasteiger partial charge is 0.307 e. The third-order valence-corrected chi connectivity index (χ3v) is 5.09. The van der Waals surface area contributed by atoms with Crippen molar-refractivity contribution in [1.82, 2.24) is 10.2 Å². The van der Waals surface area contributed by atoms with E-state index in [0.717, 1.165) is 24.9 Å². The van der Waals surface area contributed by atoms with E-state index in [1.54, 1.807) is 0 Å². The minimum absolute atomic E-state index is 0.473. The molecule has 2 rings (SSSR count). The fraction of sp³-hybridized carbons (Fsp3) is 0.684. The van der Waals surface area contributed by atoms with Gasteiger partial charge in [0.05, 0.1) is 0 Å². The number of hydrogen-bond acceptors (Lipinski definition) is 2. The molecule has 0 saturated carbocycles. The standard InChI is InChI=1S/C19H32N2/c1-14(2)16(5)12-21-13-18(17-9-7-6-8-10-17)20-11-19(21)15(3)4/h6-10,14-16,18-20H,11-13H2,1-5H3. The van der Waals surface area contributed by atoms with Crippen LogP contribution in [0.5, 0.6) is 0 Å². The average molecular weight is 288 g/mol. The summed E-state index contributed by atoms with van der Waals surface area (Å²) in [5, 5.41) is 3.76. The van der Waals surface area contributed by atoms with E-state index in [2.05, 4.69) is 75.2 Å². The lowest BCUT2D eigenvalue weighted by atomic mass is 9.92. The fourth-order valence-corrected chi connectivity index (χ4v) is 3.18. The molecule has 3 atom stereocenters. The highest BCUT2D eigenvalue weighted by Gasteiger charge is 2.31. The maximum Gasteiger partial charge on any atom is 0.0449 e. The minimum atomic E-state index is 0.473. The summed E-state index contributed by atoms with van der Waals surface area (Å²) in [6.45, 7) is 15.2. The number of piperazine rings is 1. The molecule has 1 heterocycles. The van der Waals surface area contributed by atoms with E-state index in [0.29, 0.717) is 18.0 Å². The van der Waals surface area contributed by atoms with Crippen LogP contribution in [-0.4, -0.2) is 30.6 Å². The predicted octanol–water partition coefficient (Wildman–Crippen LogP) is 3.95. The molecule has 0 amide bonds. The van der Waals surface area contributed by atoms with Crippen LogP contribution in [0.25, 0.3) is 0 Å². The van der Waals surface area contributed by atoms with Gasteiger partial charge in [0, 0.05) is 31.7 Å². The molecule has 0 bridgehead atoms. The molecule has 0 radical (unpaired) electrons. The summed E-state index contributed by atoms with van der Waals surface area (Å²) in [5.41, 5.74) is 1.42. The molecule has 0 aromatic heterocycles. The van der Waals surface area contributed by atoms with Crippen molar-refractivity contribution in [1.29, 1.82) is 0 Å². The van der Waals surface area contributed by atoms with Crippen molar-refractivity contribution in [3.8, 4) is 0 Å². The van der Waals surface area contributed by atoms with Gasteiger partial charge in [-0.2, -0.15) is 0 Å². The topological polar surface area (TPSA) is 15.3 Å². The van der Waals surface area contributed by atoms with Crippen molar-refractivity contribution in [3.63, 3.8) is 0 Å². The van der Waals surface area contributed by atoms with Crippen LogP contribution in [0, 0.1) is 17.8 Å². The van der Waals surface area contributed by atoms with E-state index < -0.39 is 0 Å². The van der Waals surface area contributed by atoms with Gasteiger partial charge < -0.3 is 5.32 Å². The summed E-state index contributed by atoms with van der Waals surface area (Å²) < 4.78 is 0. The maximum atomic E-state index is 3.76. The first-order valence-corrected chi connectivity index (χ1v) is 8.51. The quantitative estimate of drug-likeness (QED) is 0.882. The molecule has 0 spiro atoms. The summed E-state index contributed by atoms with van der Waals surface area (Å²) in [5.74, 6) is 2.21. The summed E-state index contributed by atoms with van der Waals surface area (Å²) >= 11 is 0. The normalized spacial score (nSPS) is 25.5. The van der Waals surface area contributed by atoms with Gasteiger partial charge in [0.1, 0.15) is 0 Å². The second kappa shape index (κ2) is 7.42. The fourth-order valence-electron chi connectivity index (χ4n) is 3.18. The minimum Gasteiger partial charge on any atom is -0.307 e. The Morgan fingerprint density at radius 3 is 2.33 bits per heavy atom. The highest BCUT2D eigenvalue weighted by molar-refractivity contribution is 5.20. The number of nitrogens with zero attached hydrogens (tertiary/aromatic N) is 1. The van der Waals surface area contributed by atoms with Crippen LogP contribution in [0.15, 0.2) is 30.3 Å². The summed E-state index contributed by atoms with van der Waals surface area (Å²) in [4.78, 5) is 2.73. The Bertz CT molecular complexity index is 413. The Labute approximate surface area is 130 Å². The SMILES string of the molecule is CC(C)C(C)CN1CC(c2ccccc2)NCC1C(C)C. The molecule has 1 fully saturated rings. The lowest BCUT2D eigenvalue weighted by Gasteiger charge is -2.44. The van der Waals surface area contributed by atoms with Crippen LogP contribution in [0.3, 0.4) is 0 Å². The van der Waals surface area contributed by atoms with Gasteiger partial charge in [-0.15, -0.1) is 0 Å². The van der Waals surface area contributed by atoms with Crippen molar-refractivity contribution in [2.24, 2.45) is 17.8 Å². The summed E-state index contributed by atoms with van der Waals surface area (Å²) in [7, 11) is 0. The number of rotatable bonds is 5. The molecule has 1 N–H and O–H groups in total. The first kappa shape index (κ1) is 16.5. The smallest absolute Gasteiger partial charge is 0.0449 e. The van der Waals surface area contributed by atoms with Crippen molar-refractivity contribution in [2.45, 2.75) is 46.7 Å². The molecule has 1 saturated heterocycles. The molecule has 1 aromatic carbocycles. The number of benzene rings is 1. The second-order valence-electron chi connectivity index (χ2n) is 7.36. The first-order chi connectivity index (χ1) is 9.99. The average Bonchev–Trinajstić information content (AvgIpc) is 2.47. The molecule has 21 heavy (non-hydrogen) atoms. The molecule has 1 aromatic rings. The number of hydrogen-bond donors (Lipinski definition) is 1. The van der Waals surface area contributed by atoms with Gasteiger partial charge in [0.2, 0.25) is 0 Å². The highest BCUT2D eigenvalue weighted by atomic mass is 15.2. The van der Waals surface area contributed by atoms with Crippen LogP contribution >= 0.6 is 0 Å². The first-order valence-electron chi connectivity index (χ1n) is 8.51. The van der Waals surface area contributed by atoms with E-state index >= 15 is 0 Å². The van der Waals surface area contributed by atoms with Crippen molar-refractivity contribution in [2.75, 3.05) is 19.6 Å². The third-order valence-electron chi connectivity index (χ3n) is 5.09. The van der Waals surface area contributed by atoms with Gasteiger partial charge in [-0.05, 0) is 23.3 Å². The maximum absolute atomic E-state index is 3.76. The Morgan fingerprint density at radius 2 is 1.76 bits per heavy atom. The predicted molar refractivity (Wildman–Crippen MR) is 91.4 cm³/mol. The Balaban J connectivity index is 2.08. The Kier molecular flexibility index (Phi) is 5.83. The van der Waals surface area contributed by atoms with Crippen molar-refractivity contribution in [3.05, 3.63) is 35.9 Å². The molecular formula is C19H32N2. The van der Waals surface area contributed by atoms with Crippen LogP contribution in [-0.2, 0) is 0 Å². The van der Waals surface area contributed by atoms with Crippen LogP contribution < -0.4 is 5.32 Å². The zero-order chi connectivity index (χ0) is 15.4. The zero-order valence-electron chi connectivity index (χ0n) is 14.3. The Hall–Kier alpha value is -0.860.